The van der Waals surface area contributed by atoms with Gasteiger partial charge in [-0.1, -0.05) is 0 Å². The van der Waals surface area contributed by atoms with Crippen LogP contribution in [0.1, 0.15) is 0 Å². The van der Waals surface area contributed by atoms with E-state index in [1.807, 2.05) is 0 Å². The number of hydrogen-bond acceptors (Lipinski definition) is 3. The van der Waals surface area contributed by atoms with Crippen LogP contribution in [0.5, 0.6) is 0 Å². The fourth-order valence-corrected chi connectivity index (χ4v) is 0. The SMILES string of the molecule is Cl.N=C=NO. The Labute approximate surface area is 35.2 Å². The quantitative estimate of drug-likeness (QED) is 0.257. The molecule has 0 atom stereocenters. The number of halogens is 1. The van der Waals surface area contributed by atoms with Crippen LogP contribution in [0, 0.1) is 5.41 Å². The molecule has 30 valence electrons. The Balaban J connectivity index is 0. The van der Waals surface area contributed by atoms with Crippen LogP contribution >= 0.6 is 12.4 Å². The zero-order valence-corrected chi connectivity index (χ0v) is 3.12. The van der Waals surface area contributed by atoms with Crippen molar-refractivity contribution in [2.45, 2.75) is 0 Å². The molecular formula is CH3ClN2O. The summed E-state index contributed by atoms with van der Waals surface area (Å²) in [6.07, 6.45) is 0. The molecule has 0 spiro atoms. The van der Waals surface area contributed by atoms with E-state index < -0.39 is 0 Å². The van der Waals surface area contributed by atoms with Crippen molar-refractivity contribution >= 4 is 18.4 Å². The molecule has 0 aliphatic carbocycles. The third-order valence-corrected chi connectivity index (χ3v) is 0.0500. The van der Waals surface area contributed by atoms with E-state index in [4.69, 9.17) is 10.6 Å². The van der Waals surface area contributed by atoms with Gasteiger partial charge in [0.25, 0.3) is 0 Å². The normalized spacial score (nSPS) is 3.20. The maximum Gasteiger partial charge on any atom is 0.132 e. The lowest BCUT2D eigenvalue weighted by Gasteiger charge is -1.43. The highest BCUT2D eigenvalue weighted by Gasteiger charge is 1.24. The number of nitrogens with one attached hydrogen (secondary N) is 1. The molecule has 0 heterocycles. The Kier molecular flexibility index (Phi) is 17.3. The second-order valence-corrected chi connectivity index (χ2v) is 0.212. The van der Waals surface area contributed by atoms with E-state index in [1.165, 1.54) is 6.01 Å². The Bertz CT molecular complexity index is 47.6. The largest absolute Gasteiger partial charge is 0.403 e. The molecule has 0 saturated heterocycles. The zero-order chi connectivity index (χ0) is 3.41. The minimum atomic E-state index is 0. The molecule has 0 aromatic carbocycles. The minimum absolute atomic E-state index is 0. The first kappa shape index (κ1) is 8.82. The van der Waals surface area contributed by atoms with Crippen molar-refractivity contribution < 1.29 is 5.21 Å². The van der Waals surface area contributed by atoms with Crippen molar-refractivity contribution in [2.24, 2.45) is 5.16 Å². The highest BCUT2D eigenvalue weighted by atomic mass is 35.5. The Hall–Kier alpha value is -0.530. The number of nitrogens with zero attached hydrogens (tertiary/aromatic N) is 1. The molecule has 0 bridgehead atoms. The Morgan fingerprint density at radius 1 is 1.80 bits per heavy atom. The highest BCUT2D eigenvalue weighted by molar-refractivity contribution is 5.85. The van der Waals surface area contributed by atoms with Crippen LogP contribution in [0.4, 0.5) is 0 Å². The van der Waals surface area contributed by atoms with Crippen LogP contribution in [-0.2, 0) is 0 Å². The van der Waals surface area contributed by atoms with E-state index in [1.54, 1.807) is 0 Å². The maximum atomic E-state index is 7.20. The highest BCUT2D eigenvalue weighted by Crippen LogP contribution is 1.27. The molecule has 0 aliphatic rings. The van der Waals surface area contributed by atoms with Crippen molar-refractivity contribution in [3.8, 4) is 0 Å². The predicted molar refractivity (Wildman–Crippen MR) is 19.2 cm³/mol. The van der Waals surface area contributed by atoms with Crippen molar-refractivity contribution in [1.82, 2.24) is 0 Å². The predicted octanol–water partition coefficient (Wildman–Crippen LogP) is 0.550. The summed E-state index contributed by atoms with van der Waals surface area (Å²) in [5, 5.41) is 15.1. The van der Waals surface area contributed by atoms with E-state index in [0.717, 1.165) is 0 Å². The van der Waals surface area contributed by atoms with Crippen LogP contribution < -0.4 is 0 Å². The molecule has 0 radical (unpaired) electrons. The summed E-state index contributed by atoms with van der Waals surface area (Å²) in [5.74, 6) is 0. The third kappa shape index (κ3) is 33.9. The molecule has 0 fully saturated rings. The van der Waals surface area contributed by atoms with Gasteiger partial charge in [-0.05, 0) is 5.16 Å². The Morgan fingerprint density at radius 3 is 2.00 bits per heavy atom. The monoisotopic (exact) mass is 94.0 g/mol. The average molecular weight is 94.5 g/mol. The van der Waals surface area contributed by atoms with E-state index in [-0.39, 0.29) is 12.4 Å². The van der Waals surface area contributed by atoms with Crippen LogP contribution in [0.3, 0.4) is 0 Å². The first-order valence-corrected chi connectivity index (χ1v) is 0.674. The molecule has 2 N–H and O–H groups in total. The summed E-state index contributed by atoms with van der Waals surface area (Å²) in [7, 11) is 0. The number of rotatable bonds is 0. The van der Waals surface area contributed by atoms with E-state index in [2.05, 4.69) is 5.16 Å². The fourth-order valence-electron chi connectivity index (χ4n) is 0. The van der Waals surface area contributed by atoms with Crippen molar-refractivity contribution in [2.75, 3.05) is 0 Å². The summed E-state index contributed by atoms with van der Waals surface area (Å²) < 4.78 is 0. The van der Waals surface area contributed by atoms with E-state index in [9.17, 15) is 0 Å². The first-order valence-electron chi connectivity index (χ1n) is 0.674. The van der Waals surface area contributed by atoms with Gasteiger partial charge >= 0.3 is 0 Å². The van der Waals surface area contributed by atoms with Gasteiger partial charge in [-0.2, -0.15) is 0 Å². The summed E-state index contributed by atoms with van der Waals surface area (Å²) in [6.45, 7) is 0. The second kappa shape index (κ2) is 9.80. The molecule has 0 aromatic heterocycles. The van der Waals surface area contributed by atoms with Crippen molar-refractivity contribution in [3.63, 3.8) is 0 Å². The van der Waals surface area contributed by atoms with Crippen LogP contribution in [0.15, 0.2) is 5.16 Å². The number of hydrogen-bond donors (Lipinski definition) is 2. The summed E-state index contributed by atoms with van der Waals surface area (Å²) in [5.41, 5.74) is 0. The summed E-state index contributed by atoms with van der Waals surface area (Å²) >= 11 is 0. The van der Waals surface area contributed by atoms with Gasteiger partial charge in [0.1, 0.15) is 6.01 Å². The summed E-state index contributed by atoms with van der Waals surface area (Å²) in [6, 6.07) is 1.36. The van der Waals surface area contributed by atoms with Crippen LogP contribution in [-0.4, -0.2) is 11.2 Å². The molecule has 0 saturated carbocycles. The molecule has 0 rings (SSSR count). The standard InChI is InChI=1S/CH2N2O.ClH/c2-1-3-4;/h2,4H;1H. The van der Waals surface area contributed by atoms with Crippen LogP contribution in [0.2, 0.25) is 0 Å². The van der Waals surface area contributed by atoms with E-state index in [0.29, 0.717) is 0 Å². The average Bonchev–Trinajstić information content (AvgIpc) is 1.37. The maximum absolute atomic E-state index is 7.20. The lowest BCUT2D eigenvalue weighted by Crippen LogP contribution is -1.38. The molecule has 0 aromatic rings. The van der Waals surface area contributed by atoms with Gasteiger partial charge in [-0.3, -0.25) is 0 Å². The van der Waals surface area contributed by atoms with Crippen molar-refractivity contribution in [3.05, 3.63) is 0 Å². The van der Waals surface area contributed by atoms with Gasteiger partial charge in [0.2, 0.25) is 0 Å². The molecule has 5 heavy (non-hydrogen) atoms. The van der Waals surface area contributed by atoms with Gasteiger partial charge in [0.15, 0.2) is 0 Å². The second-order valence-electron chi connectivity index (χ2n) is 0.212. The van der Waals surface area contributed by atoms with Gasteiger partial charge in [-0.25, -0.2) is 5.41 Å². The molecular weight excluding hydrogens is 91.5 g/mol. The Morgan fingerprint density at radius 2 is 2.00 bits per heavy atom. The van der Waals surface area contributed by atoms with Crippen molar-refractivity contribution in [1.29, 1.82) is 5.41 Å². The third-order valence-electron chi connectivity index (χ3n) is 0.0500. The molecule has 0 amide bonds. The summed E-state index contributed by atoms with van der Waals surface area (Å²) in [4.78, 5) is 0. The minimum Gasteiger partial charge on any atom is -0.403 e. The van der Waals surface area contributed by atoms with Gasteiger partial charge < -0.3 is 5.21 Å². The lowest BCUT2D eigenvalue weighted by molar-refractivity contribution is 0.322. The fraction of sp³-hybridized carbons (Fsp3) is 0. The molecule has 4 heteroatoms. The van der Waals surface area contributed by atoms with E-state index >= 15 is 0 Å². The first-order chi connectivity index (χ1) is 1.91. The van der Waals surface area contributed by atoms with Gasteiger partial charge in [-0.15, -0.1) is 12.4 Å². The molecule has 0 unspecified atom stereocenters. The van der Waals surface area contributed by atoms with Gasteiger partial charge in [0.05, 0.1) is 0 Å². The topological polar surface area (TPSA) is 56.4 Å². The molecule has 0 aliphatic heterocycles. The van der Waals surface area contributed by atoms with Crippen LogP contribution in [0.25, 0.3) is 0 Å². The molecule has 3 nitrogen and oxygen atoms in total. The van der Waals surface area contributed by atoms with Gasteiger partial charge in [0, 0.05) is 0 Å². The smallest absolute Gasteiger partial charge is 0.132 e. The lowest BCUT2D eigenvalue weighted by atomic mass is 11.6. The zero-order valence-electron chi connectivity index (χ0n) is 2.30.